The summed E-state index contributed by atoms with van der Waals surface area (Å²) in [6.45, 7) is 1.96. The number of rotatable bonds is 2. The summed E-state index contributed by atoms with van der Waals surface area (Å²) >= 11 is 11.9. The van der Waals surface area contributed by atoms with Crippen LogP contribution < -0.4 is 0 Å². The van der Waals surface area contributed by atoms with Crippen LogP contribution in [0, 0.1) is 0 Å². The van der Waals surface area contributed by atoms with E-state index in [1.165, 1.54) is 0 Å². The fraction of sp³-hybridized carbons (Fsp3) is 0.250. The van der Waals surface area contributed by atoms with Gasteiger partial charge in [-0.25, -0.2) is 0 Å². The highest BCUT2D eigenvalue weighted by Gasteiger charge is 2.26. The van der Waals surface area contributed by atoms with E-state index in [2.05, 4.69) is 4.98 Å². The molecule has 0 aliphatic carbocycles. The molecule has 120 valence electrons. The smallest absolute Gasteiger partial charge is 0.255 e. The Hall–Kier alpha value is -1.98. The lowest BCUT2D eigenvalue weighted by Crippen LogP contribution is -2.50. The van der Waals surface area contributed by atoms with Crippen LogP contribution in [0.25, 0.3) is 0 Å². The molecule has 1 aromatic carbocycles. The van der Waals surface area contributed by atoms with Crippen LogP contribution in [0.15, 0.2) is 36.7 Å². The Balaban J connectivity index is 1.64. The van der Waals surface area contributed by atoms with Gasteiger partial charge in [-0.1, -0.05) is 23.2 Å². The number of piperazine rings is 1. The van der Waals surface area contributed by atoms with E-state index in [4.69, 9.17) is 23.2 Å². The van der Waals surface area contributed by atoms with E-state index in [9.17, 15) is 9.59 Å². The molecular formula is C16H15Cl2N3O2. The lowest BCUT2D eigenvalue weighted by atomic mass is 10.1. The molecule has 0 saturated carbocycles. The molecule has 0 bridgehead atoms. The summed E-state index contributed by atoms with van der Waals surface area (Å²) < 4.78 is 0. The summed E-state index contributed by atoms with van der Waals surface area (Å²) in [7, 11) is 0. The van der Waals surface area contributed by atoms with E-state index in [0.717, 1.165) is 0 Å². The van der Waals surface area contributed by atoms with Crippen LogP contribution >= 0.6 is 23.2 Å². The minimum Gasteiger partial charge on any atom is -0.367 e. The summed E-state index contributed by atoms with van der Waals surface area (Å²) in [5, 5.41) is 0.835. The van der Waals surface area contributed by atoms with Crippen molar-refractivity contribution in [1.29, 1.82) is 0 Å². The van der Waals surface area contributed by atoms with Crippen molar-refractivity contribution in [3.8, 4) is 0 Å². The topological polar surface area (TPSA) is 56.4 Å². The van der Waals surface area contributed by atoms with Gasteiger partial charge in [0, 0.05) is 43.6 Å². The first-order valence-corrected chi connectivity index (χ1v) is 7.98. The number of nitrogens with zero attached hydrogens (tertiary/aromatic N) is 2. The van der Waals surface area contributed by atoms with Gasteiger partial charge in [0.05, 0.1) is 16.1 Å². The quantitative estimate of drug-likeness (QED) is 0.904. The zero-order valence-electron chi connectivity index (χ0n) is 12.3. The Morgan fingerprint density at radius 1 is 0.957 bits per heavy atom. The molecule has 1 aromatic heterocycles. The summed E-state index contributed by atoms with van der Waals surface area (Å²) in [6, 6.07) is 6.58. The van der Waals surface area contributed by atoms with E-state index in [-0.39, 0.29) is 11.8 Å². The Morgan fingerprint density at radius 2 is 1.61 bits per heavy atom. The number of nitrogens with one attached hydrogen (secondary N) is 1. The summed E-state index contributed by atoms with van der Waals surface area (Å²) in [6.07, 6.45) is 3.39. The SMILES string of the molecule is O=C(c1cc[nH]c1)N1CCN(C(=O)c2ccc(Cl)cc2Cl)CC1. The number of carbonyl (C=O) groups is 2. The van der Waals surface area contributed by atoms with Gasteiger partial charge >= 0.3 is 0 Å². The largest absolute Gasteiger partial charge is 0.367 e. The number of H-pyrrole nitrogens is 1. The molecular weight excluding hydrogens is 337 g/mol. The molecule has 5 nitrogen and oxygen atoms in total. The van der Waals surface area contributed by atoms with Crippen LogP contribution in [0.5, 0.6) is 0 Å². The Kier molecular flexibility index (Phi) is 4.59. The number of benzene rings is 1. The third-order valence-corrected chi connectivity index (χ3v) is 4.41. The average Bonchev–Trinajstić information content (AvgIpc) is 3.08. The highest BCUT2D eigenvalue weighted by atomic mass is 35.5. The van der Waals surface area contributed by atoms with Crippen molar-refractivity contribution in [2.45, 2.75) is 0 Å². The lowest BCUT2D eigenvalue weighted by molar-refractivity contribution is 0.0535. The molecule has 1 saturated heterocycles. The number of amides is 2. The summed E-state index contributed by atoms with van der Waals surface area (Å²) in [4.78, 5) is 31.1. The maximum absolute atomic E-state index is 12.5. The second-order valence-electron chi connectivity index (χ2n) is 5.31. The van der Waals surface area contributed by atoms with Crippen molar-refractivity contribution in [3.05, 3.63) is 57.8 Å². The number of hydrogen-bond acceptors (Lipinski definition) is 2. The Labute approximate surface area is 143 Å². The minimum atomic E-state index is -0.139. The molecule has 1 N–H and O–H groups in total. The van der Waals surface area contributed by atoms with Crippen LogP contribution in [0.2, 0.25) is 10.0 Å². The first-order valence-electron chi connectivity index (χ1n) is 7.22. The van der Waals surface area contributed by atoms with Gasteiger partial charge in [0.1, 0.15) is 0 Å². The Morgan fingerprint density at radius 3 is 2.17 bits per heavy atom. The number of aromatic nitrogens is 1. The normalized spacial score (nSPS) is 14.9. The van der Waals surface area contributed by atoms with Gasteiger partial charge in [-0.05, 0) is 24.3 Å². The van der Waals surface area contributed by atoms with Gasteiger partial charge in [-0.3, -0.25) is 9.59 Å². The van der Waals surface area contributed by atoms with Crippen molar-refractivity contribution in [3.63, 3.8) is 0 Å². The van der Waals surface area contributed by atoms with E-state index in [1.807, 2.05) is 0 Å². The van der Waals surface area contributed by atoms with Crippen LogP contribution in [0.3, 0.4) is 0 Å². The molecule has 2 heterocycles. The van der Waals surface area contributed by atoms with Crippen molar-refractivity contribution in [2.75, 3.05) is 26.2 Å². The molecule has 2 amide bonds. The second-order valence-corrected chi connectivity index (χ2v) is 6.15. The molecule has 23 heavy (non-hydrogen) atoms. The highest BCUT2D eigenvalue weighted by Crippen LogP contribution is 2.23. The van der Waals surface area contributed by atoms with Crippen LogP contribution in [-0.2, 0) is 0 Å². The van der Waals surface area contributed by atoms with Crippen molar-refractivity contribution in [1.82, 2.24) is 14.8 Å². The number of halogens is 2. The van der Waals surface area contributed by atoms with Gasteiger partial charge in [0.15, 0.2) is 0 Å². The molecule has 0 unspecified atom stereocenters. The maximum Gasteiger partial charge on any atom is 0.255 e. The zero-order valence-corrected chi connectivity index (χ0v) is 13.8. The fourth-order valence-electron chi connectivity index (χ4n) is 2.59. The first-order chi connectivity index (χ1) is 11.1. The van der Waals surface area contributed by atoms with E-state index in [0.29, 0.717) is 47.4 Å². The molecule has 0 atom stereocenters. The van der Waals surface area contributed by atoms with Crippen LogP contribution in [-0.4, -0.2) is 52.8 Å². The second kappa shape index (κ2) is 6.64. The lowest BCUT2D eigenvalue weighted by Gasteiger charge is -2.34. The summed E-state index contributed by atoms with van der Waals surface area (Å²) in [5.41, 5.74) is 1.06. The van der Waals surface area contributed by atoms with E-state index in [1.54, 1.807) is 46.5 Å². The molecule has 0 spiro atoms. The fourth-order valence-corrected chi connectivity index (χ4v) is 3.07. The third kappa shape index (κ3) is 3.35. The average molecular weight is 352 g/mol. The number of carbonyl (C=O) groups excluding carboxylic acids is 2. The van der Waals surface area contributed by atoms with Gasteiger partial charge in [0.2, 0.25) is 0 Å². The highest BCUT2D eigenvalue weighted by molar-refractivity contribution is 6.36. The molecule has 2 aromatic rings. The van der Waals surface area contributed by atoms with Crippen molar-refractivity contribution in [2.24, 2.45) is 0 Å². The predicted octanol–water partition coefficient (Wildman–Crippen LogP) is 2.92. The monoisotopic (exact) mass is 351 g/mol. The molecule has 1 aliphatic heterocycles. The molecule has 0 radical (unpaired) electrons. The van der Waals surface area contributed by atoms with Crippen molar-refractivity contribution < 1.29 is 9.59 Å². The zero-order chi connectivity index (χ0) is 16.4. The van der Waals surface area contributed by atoms with Gasteiger partial charge in [-0.15, -0.1) is 0 Å². The van der Waals surface area contributed by atoms with Gasteiger partial charge in [0.25, 0.3) is 11.8 Å². The van der Waals surface area contributed by atoms with Gasteiger partial charge < -0.3 is 14.8 Å². The summed E-state index contributed by atoms with van der Waals surface area (Å²) in [5.74, 6) is -0.164. The van der Waals surface area contributed by atoms with Crippen LogP contribution in [0.4, 0.5) is 0 Å². The standard InChI is InChI=1S/C16H15Cl2N3O2/c17-12-1-2-13(14(18)9-12)16(23)21-7-5-20(6-8-21)15(22)11-3-4-19-10-11/h1-4,9-10,19H,5-8H2. The molecule has 1 fully saturated rings. The molecule has 7 heteroatoms. The minimum absolute atomic E-state index is 0.0251. The van der Waals surface area contributed by atoms with Gasteiger partial charge in [-0.2, -0.15) is 0 Å². The molecule has 1 aliphatic rings. The van der Waals surface area contributed by atoms with E-state index >= 15 is 0 Å². The number of hydrogen-bond donors (Lipinski definition) is 1. The van der Waals surface area contributed by atoms with Crippen molar-refractivity contribution >= 4 is 35.0 Å². The first kappa shape index (κ1) is 15.9. The molecule has 3 rings (SSSR count). The third-order valence-electron chi connectivity index (χ3n) is 3.86. The Bertz CT molecular complexity index is 723. The van der Waals surface area contributed by atoms with E-state index < -0.39 is 0 Å². The van der Waals surface area contributed by atoms with Crippen LogP contribution in [0.1, 0.15) is 20.7 Å². The predicted molar refractivity (Wildman–Crippen MR) is 89.1 cm³/mol. The maximum atomic E-state index is 12.5. The number of aromatic amines is 1.